The Balaban J connectivity index is 1.50. The Morgan fingerprint density at radius 1 is 1.19 bits per heavy atom. The number of hydrogen-bond donors (Lipinski definition) is 3. The molecule has 0 spiro atoms. The van der Waals surface area contributed by atoms with Crippen LogP contribution in [0.1, 0.15) is 13.3 Å². The fraction of sp³-hybridized carbons (Fsp3) is 0.318. The summed E-state index contributed by atoms with van der Waals surface area (Å²) in [4.78, 5) is 37.9. The Kier molecular flexibility index (Phi) is 7.19. The fourth-order valence-electron chi connectivity index (χ4n) is 3.13. The van der Waals surface area contributed by atoms with E-state index < -0.39 is 23.7 Å². The van der Waals surface area contributed by atoms with E-state index >= 15 is 0 Å². The minimum atomic E-state index is -0.650. The molecule has 9 heteroatoms. The van der Waals surface area contributed by atoms with E-state index in [1.807, 2.05) is 0 Å². The van der Waals surface area contributed by atoms with Crippen molar-refractivity contribution in [2.75, 3.05) is 29.9 Å². The van der Waals surface area contributed by atoms with Crippen LogP contribution in [0.15, 0.2) is 48.5 Å². The molecule has 0 bridgehead atoms. The van der Waals surface area contributed by atoms with Crippen LogP contribution < -0.4 is 20.3 Å². The quantitative estimate of drug-likeness (QED) is 0.592. The molecule has 1 aliphatic rings. The van der Waals surface area contributed by atoms with Gasteiger partial charge in [-0.25, -0.2) is 4.39 Å². The van der Waals surface area contributed by atoms with Crippen LogP contribution in [0.25, 0.3) is 0 Å². The predicted molar refractivity (Wildman–Crippen MR) is 112 cm³/mol. The molecule has 2 atom stereocenters. The van der Waals surface area contributed by atoms with Crippen LogP contribution in [0.3, 0.4) is 0 Å². The molecule has 1 heterocycles. The second-order valence-corrected chi connectivity index (χ2v) is 7.34. The van der Waals surface area contributed by atoms with Gasteiger partial charge in [0.15, 0.2) is 6.61 Å². The van der Waals surface area contributed by atoms with Crippen molar-refractivity contribution in [3.8, 4) is 5.75 Å². The van der Waals surface area contributed by atoms with Gasteiger partial charge in [0, 0.05) is 30.9 Å². The van der Waals surface area contributed by atoms with Gasteiger partial charge < -0.3 is 25.4 Å². The summed E-state index contributed by atoms with van der Waals surface area (Å²) in [6.07, 6.45) is -0.546. The number of carbonyl (C=O) groups excluding carboxylic acids is 3. The van der Waals surface area contributed by atoms with Gasteiger partial charge in [0.2, 0.25) is 11.8 Å². The summed E-state index contributed by atoms with van der Waals surface area (Å²) in [6.45, 7) is 1.74. The van der Waals surface area contributed by atoms with Gasteiger partial charge >= 0.3 is 0 Å². The van der Waals surface area contributed by atoms with Gasteiger partial charge in [0.05, 0.1) is 12.0 Å². The Bertz CT molecular complexity index is 931. The third-order valence-electron chi connectivity index (χ3n) is 4.71. The van der Waals surface area contributed by atoms with Crippen LogP contribution in [0, 0.1) is 11.7 Å². The van der Waals surface area contributed by atoms with Gasteiger partial charge in [-0.05, 0) is 55.5 Å². The van der Waals surface area contributed by atoms with E-state index in [4.69, 9.17) is 4.74 Å². The van der Waals surface area contributed by atoms with Crippen molar-refractivity contribution in [2.45, 2.75) is 19.4 Å². The third-order valence-corrected chi connectivity index (χ3v) is 4.71. The topological polar surface area (TPSA) is 108 Å². The van der Waals surface area contributed by atoms with Crippen LogP contribution in [0.4, 0.5) is 15.8 Å². The van der Waals surface area contributed by atoms with Crippen molar-refractivity contribution >= 4 is 29.1 Å². The zero-order valence-electron chi connectivity index (χ0n) is 17.0. The molecule has 0 aliphatic carbocycles. The monoisotopic (exact) mass is 429 g/mol. The highest BCUT2D eigenvalue weighted by molar-refractivity contribution is 6.00. The predicted octanol–water partition coefficient (Wildman–Crippen LogP) is 1.69. The maximum Gasteiger partial charge on any atom is 0.262 e. The molecular formula is C22H24FN3O5. The number of amides is 3. The third kappa shape index (κ3) is 6.26. The molecule has 3 N–H and O–H groups in total. The number of nitrogens with zero attached hydrogens (tertiary/aromatic N) is 1. The number of nitrogens with one attached hydrogen (secondary N) is 2. The van der Waals surface area contributed by atoms with E-state index in [0.29, 0.717) is 17.1 Å². The summed E-state index contributed by atoms with van der Waals surface area (Å²) in [5, 5.41) is 14.5. The average Bonchev–Trinajstić information content (AvgIpc) is 3.14. The number of halogens is 1. The van der Waals surface area contributed by atoms with Crippen molar-refractivity contribution in [2.24, 2.45) is 5.92 Å². The minimum Gasteiger partial charge on any atom is -0.484 e. The van der Waals surface area contributed by atoms with E-state index in [1.165, 1.54) is 29.2 Å². The van der Waals surface area contributed by atoms with Crippen molar-refractivity contribution in [1.82, 2.24) is 5.32 Å². The molecule has 31 heavy (non-hydrogen) atoms. The normalized spacial score (nSPS) is 16.7. The number of hydrogen-bond acceptors (Lipinski definition) is 5. The molecule has 0 radical (unpaired) electrons. The first kappa shape index (κ1) is 22.2. The molecule has 0 unspecified atom stereocenters. The molecule has 2 aromatic carbocycles. The van der Waals surface area contributed by atoms with Gasteiger partial charge in [-0.15, -0.1) is 0 Å². The molecular weight excluding hydrogens is 405 g/mol. The number of anilines is 2. The number of aliphatic hydroxyl groups excluding tert-OH is 1. The summed E-state index contributed by atoms with van der Waals surface area (Å²) in [5.74, 6) is -1.24. The summed E-state index contributed by atoms with van der Waals surface area (Å²) in [7, 11) is 0. The van der Waals surface area contributed by atoms with Crippen LogP contribution >= 0.6 is 0 Å². The molecule has 2 aromatic rings. The van der Waals surface area contributed by atoms with E-state index in [1.54, 1.807) is 31.2 Å². The molecule has 1 fully saturated rings. The molecule has 3 rings (SSSR count). The molecule has 1 aliphatic heterocycles. The Labute approximate surface area is 179 Å². The fourth-order valence-corrected chi connectivity index (χ4v) is 3.13. The summed E-state index contributed by atoms with van der Waals surface area (Å²) >= 11 is 0. The zero-order chi connectivity index (χ0) is 22.4. The van der Waals surface area contributed by atoms with Gasteiger partial charge in [-0.3, -0.25) is 14.4 Å². The lowest BCUT2D eigenvalue weighted by atomic mass is 10.1. The van der Waals surface area contributed by atoms with Gasteiger partial charge in [0.1, 0.15) is 11.6 Å². The molecule has 1 saturated heterocycles. The van der Waals surface area contributed by atoms with Crippen molar-refractivity contribution in [3.63, 3.8) is 0 Å². The number of ether oxygens (including phenoxy) is 1. The Morgan fingerprint density at radius 3 is 2.52 bits per heavy atom. The molecule has 3 amide bonds. The maximum atomic E-state index is 12.9. The highest BCUT2D eigenvalue weighted by Crippen LogP contribution is 2.27. The highest BCUT2D eigenvalue weighted by Gasteiger charge is 2.35. The Morgan fingerprint density at radius 2 is 1.87 bits per heavy atom. The number of aliphatic hydroxyl groups is 1. The number of carbonyl (C=O) groups is 3. The van der Waals surface area contributed by atoms with Crippen LogP contribution in [-0.2, 0) is 14.4 Å². The van der Waals surface area contributed by atoms with Crippen LogP contribution in [0.2, 0.25) is 0 Å². The molecule has 0 aromatic heterocycles. The second-order valence-electron chi connectivity index (χ2n) is 7.34. The molecule has 164 valence electrons. The van der Waals surface area contributed by atoms with Crippen molar-refractivity contribution < 1.29 is 28.6 Å². The van der Waals surface area contributed by atoms with Crippen molar-refractivity contribution in [3.05, 3.63) is 54.3 Å². The zero-order valence-corrected chi connectivity index (χ0v) is 17.0. The van der Waals surface area contributed by atoms with Gasteiger partial charge in [-0.1, -0.05) is 0 Å². The minimum absolute atomic E-state index is 0.105. The number of benzene rings is 2. The standard InChI is InChI=1S/C22H24FN3O5/c1-14(27)11-24-22(30)15-10-21(29)26(12-15)18-6-8-19(9-7-18)31-13-20(28)25-17-4-2-16(23)3-5-17/h2-9,14-15,27H,10-13H2,1H3,(H,24,30)(H,25,28)/t14-,15-/m1/s1. The SMILES string of the molecule is C[C@@H](O)CNC(=O)[C@@H]1CC(=O)N(c2ccc(OCC(=O)Nc3ccc(F)cc3)cc2)C1. The Hall–Kier alpha value is -3.46. The van der Waals surface area contributed by atoms with Gasteiger partial charge in [-0.2, -0.15) is 0 Å². The van der Waals surface area contributed by atoms with E-state index in [0.717, 1.165) is 0 Å². The summed E-state index contributed by atoms with van der Waals surface area (Å²) < 4.78 is 18.3. The average molecular weight is 429 g/mol. The smallest absolute Gasteiger partial charge is 0.262 e. The van der Waals surface area contributed by atoms with Crippen molar-refractivity contribution in [1.29, 1.82) is 0 Å². The second kappa shape index (κ2) is 10.0. The largest absolute Gasteiger partial charge is 0.484 e. The summed E-state index contributed by atoms with van der Waals surface area (Å²) in [6, 6.07) is 12.0. The van der Waals surface area contributed by atoms with Gasteiger partial charge in [0.25, 0.3) is 5.91 Å². The highest BCUT2D eigenvalue weighted by atomic mass is 19.1. The lowest BCUT2D eigenvalue weighted by Crippen LogP contribution is -2.36. The first-order valence-corrected chi connectivity index (χ1v) is 9.86. The first-order valence-electron chi connectivity index (χ1n) is 9.86. The van der Waals surface area contributed by atoms with E-state index in [2.05, 4.69) is 10.6 Å². The summed E-state index contributed by atoms with van der Waals surface area (Å²) in [5.41, 5.74) is 1.09. The maximum absolute atomic E-state index is 12.9. The van der Waals surface area contributed by atoms with Crippen LogP contribution in [0.5, 0.6) is 5.75 Å². The number of rotatable bonds is 8. The van der Waals surface area contributed by atoms with E-state index in [9.17, 15) is 23.9 Å². The van der Waals surface area contributed by atoms with E-state index in [-0.39, 0.29) is 37.9 Å². The molecule has 8 nitrogen and oxygen atoms in total. The van der Waals surface area contributed by atoms with Crippen LogP contribution in [-0.4, -0.2) is 48.6 Å². The molecule has 0 saturated carbocycles. The first-order chi connectivity index (χ1) is 14.8. The lowest BCUT2D eigenvalue weighted by Gasteiger charge is -2.17. The lowest BCUT2D eigenvalue weighted by molar-refractivity contribution is -0.126.